The molecule has 1 aliphatic carbocycles. The van der Waals surface area contributed by atoms with Crippen LogP contribution in [0.3, 0.4) is 0 Å². The third-order valence-corrected chi connectivity index (χ3v) is 7.89. The van der Waals surface area contributed by atoms with Gasteiger partial charge >= 0.3 is 0 Å². The summed E-state index contributed by atoms with van der Waals surface area (Å²) in [7, 11) is 2.05. The minimum absolute atomic E-state index is 0.0571. The van der Waals surface area contributed by atoms with Crippen LogP contribution >= 0.6 is 0 Å². The minimum Gasteiger partial charge on any atom is -0.454 e. The van der Waals surface area contributed by atoms with Crippen LogP contribution in [0.25, 0.3) is 44.3 Å². The second-order valence-electron chi connectivity index (χ2n) is 11.3. The lowest BCUT2D eigenvalue weighted by Gasteiger charge is -2.29. The summed E-state index contributed by atoms with van der Waals surface area (Å²) in [4.78, 5) is 0. The van der Waals surface area contributed by atoms with Crippen LogP contribution in [0.5, 0.6) is 0 Å². The maximum Gasteiger partial charge on any atom is 0.216 e. The van der Waals surface area contributed by atoms with Crippen LogP contribution in [0.4, 0.5) is 4.39 Å². The topological polar surface area (TPSA) is 17.0 Å². The van der Waals surface area contributed by atoms with Crippen molar-refractivity contribution in [3.8, 4) is 22.4 Å². The lowest BCUT2D eigenvalue weighted by Crippen LogP contribution is -2.30. The molecule has 2 heterocycles. The number of nitrogens with zero attached hydrogens (tertiary/aromatic N) is 1. The first-order chi connectivity index (χ1) is 17.3. The predicted octanol–water partition coefficient (Wildman–Crippen LogP) is 8.37. The highest BCUT2D eigenvalue weighted by atomic mass is 19.1. The van der Waals surface area contributed by atoms with E-state index < -0.39 is 0 Å². The Bertz CT molecular complexity index is 1650. The summed E-state index contributed by atoms with van der Waals surface area (Å²) in [6, 6.07) is 18.3. The first-order valence-electron chi connectivity index (χ1n) is 13.0. The van der Waals surface area contributed by atoms with Gasteiger partial charge in [-0.25, -0.2) is 8.96 Å². The summed E-state index contributed by atoms with van der Waals surface area (Å²) in [6.07, 6.45) is 6.41. The molecule has 3 aromatic carbocycles. The Kier molecular flexibility index (Phi) is 5.29. The number of halogens is 1. The predicted molar refractivity (Wildman–Crippen MR) is 146 cm³/mol. The van der Waals surface area contributed by atoms with E-state index in [4.69, 9.17) is 4.42 Å². The summed E-state index contributed by atoms with van der Waals surface area (Å²) in [5.74, 6) is -0.221. The van der Waals surface area contributed by atoms with Gasteiger partial charge in [0.15, 0.2) is 6.20 Å². The molecule has 1 aliphatic rings. The number of furan rings is 1. The van der Waals surface area contributed by atoms with Gasteiger partial charge in [0.05, 0.1) is 11.1 Å². The quantitative estimate of drug-likeness (QED) is 0.233. The van der Waals surface area contributed by atoms with Crippen molar-refractivity contribution in [2.75, 3.05) is 0 Å². The molecule has 0 saturated carbocycles. The Morgan fingerprint density at radius 3 is 2.22 bits per heavy atom. The van der Waals surface area contributed by atoms with E-state index in [1.54, 1.807) is 6.07 Å². The van der Waals surface area contributed by atoms with Gasteiger partial charge in [0.25, 0.3) is 0 Å². The fourth-order valence-corrected chi connectivity index (χ4v) is 6.13. The Balaban J connectivity index is 1.68. The molecule has 182 valence electrons. The SMILES string of the molecule is Cc1ccc2c(oc3c(-c4ccc(C(C)(C)C)c5c4CCCC5)c(F)ccc32)c1-c1cccc[n+]1C. The second-order valence-corrected chi connectivity index (χ2v) is 11.3. The smallest absolute Gasteiger partial charge is 0.216 e. The van der Waals surface area contributed by atoms with Crippen LogP contribution in [0, 0.1) is 12.7 Å². The zero-order chi connectivity index (χ0) is 25.2. The van der Waals surface area contributed by atoms with Crippen LogP contribution in [0.2, 0.25) is 0 Å². The fourth-order valence-electron chi connectivity index (χ4n) is 6.13. The van der Waals surface area contributed by atoms with E-state index in [0.717, 1.165) is 58.0 Å². The third-order valence-electron chi connectivity index (χ3n) is 7.89. The van der Waals surface area contributed by atoms with Gasteiger partial charge in [0, 0.05) is 22.9 Å². The highest BCUT2D eigenvalue weighted by Crippen LogP contribution is 2.45. The lowest BCUT2D eigenvalue weighted by atomic mass is 9.75. The van der Waals surface area contributed by atoms with Crippen LogP contribution in [0.15, 0.2) is 65.2 Å². The van der Waals surface area contributed by atoms with Crippen molar-refractivity contribution in [1.29, 1.82) is 0 Å². The zero-order valence-electron chi connectivity index (χ0n) is 21.8. The van der Waals surface area contributed by atoms with Crippen molar-refractivity contribution in [2.45, 2.75) is 58.8 Å². The summed E-state index contributed by atoms with van der Waals surface area (Å²) >= 11 is 0. The summed E-state index contributed by atoms with van der Waals surface area (Å²) in [5, 5.41) is 1.99. The molecular formula is C33H33FNO+. The molecule has 5 aromatic rings. The fraction of sp³-hybridized carbons (Fsp3) is 0.303. The van der Waals surface area contributed by atoms with Crippen molar-refractivity contribution >= 4 is 21.9 Å². The molecule has 0 N–H and O–H groups in total. The van der Waals surface area contributed by atoms with Gasteiger partial charge in [-0.2, -0.15) is 0 Å². The average molecular weight is 479 g/mol. The maximum atomic E-state index is 15.7. The monoisotopic (exact) mass is 478 g/mol. The molecule has 0 saturated heterocycles. The first-order valence-corrected chi connectivity index (χ1v) is 13.0. The number of fused-ring (bicyclic) bond motifs is 4. The number of pyridine rings is 1. The second kappa shape index (κ2) is 8.30. The van der Waals surface area contributed by atoms with Crippen LogP contribution < -0.4 is 4.57 Å². The summed E-state index contributed by atoms with van der Waals surface area (Å²) < 4.78 is 24.5. The van der Waals surface area contributed by atoms with Gasteiger partial charge < -0.3 is 4.42 Å². The lowest BCUT2D eigenvalue weighted by molar-refractivity contribution is -0.660. The average Bonchev–Trinajstić information content (AvgIpc) is 3.22. The highest BCUT2D eigenvalue weighted by molar-refractivity contribution is 6.13. The Labute approximate surface area is 212 Å². The number of aromatic nitrogens is 1. The van der Waals surface area contributed by atoms with Gasteiger partial charge in [0.1, 0.15) is 24.0 Å². The van der Waals surface area contributed by atoms with Gasteiger partial charge in [-0.3, -0.25) is 0 Å². The molecule has 0 amide bonds. The Morgan fingerprint density at radius 2 is 1.50 bits per heavy atom. The van der Waals surface area contributed by atoms with Gasteiger partial charge in [-0.15, -0.1) is 0 Å². The van der Waals surface area contributed by atoms with Crippen molar-refractivity contribution in [3.05, 3.63) is 88.9 Å². The van der Waals surface area contributed by atoms with E-state index in [9.17, 15) is 0 Å². The van der Waals surface area contributed by atoms with Crippen molar-refractivity contribution in [1.82, 2.24) is 0 Å². The maximum absolute atomic E-state index is 15.7. The molecule has 0 aliphatic heterocycles. The van der Waals surface area contributed by atoms with E-state index in [0.29, 0.717) is 11.1 Å². The van der Waals surface area contributed by atoms with Crippen molar-refractivity contribution in [2.24, 2.45) is 7.05 Å². The molecular weight excluding hydrogens is 445 g/mol. The molecule has 2 aromatic heterocycles. The van der Waals surface area contributed by atoms with Crippen LogP contribution in [-0.4, -0.2) is 0 Å². The first kappa shape index (κ1) is 23.0. The van der Waals surface area contributed by atoms with Crippen molar-refractivity contribution in [3.63, 3.8) is 0 Å². The molecule has 0 unspecified atom stereocenters. The summed E-state index contributed by atoms with van der Waals surface area (Å²) in [5.41, 5.74) is 10.5. The van der Waals surface area contributed by atoms with E-state index >= 15 is 4.39 Å². The number of benzene rings is 3. The van der Waals surface area contributed by atoms with Crippen LogP contribution in [-0.2, 0) is 25.3 Å². The molecule has 0 spiro atoms. The number of hydrogen-bond acceptors (Lipinski definition) is 1. The van der Waals surface area contributed by atoms with E-state index in [1.165, 1.54) is 23.1 Å². The number of hydrogen-bond donors (Lipinski definition) is 0. The molecule has 0 radical (unpaired) electrons. The molecule has 36 heavy (non-hydrogen) atoms. The van der Waals surface area contributed by atoms with Crippen molar-refractivity contribution < 1.29 is 13.4 Å². The Morgan fingerprint density at radius 1 is 0.806 bits per heavy atom. The minimum atomic E-state index is -0.221. The number of aryl methyl sites for hydroxylation is 2. The molecule has 2 nitrogen and oxygen atoms in total. The molecule has 6 rings (SSSR count). The standard InChI is InChI=1S/C33H33FNO/c1-20-13-14-24-25-16-18-27(34)30(32(25)36-31(24)29(20)28-12-8-9-19-35(28)5)23-15-17-26(33(2,3)4)22-11-7-6-10-21(22)23/h8-9,12-19H,6-7,10-11H2,1-5H3/q+1. The summed E-state index contributed by atoms with van der Waals surface area (Å²) in [6.45, 7) is 8.92. The molecule has 3 heteroatoms. The van der Waals surface area contributed by atoms with Gasteiger partial charge in [-0.05, 0) is 84.0 Å². The highest BCUT2D eigenvalue weighted by Gasteiger charge is 2.28. The van der Waals surface area contributed by atoms with E-state index in [1.807, 2.05) is 31.4 Å². The zero-order valence-corrected chi connectivity index (χ0v) is 21.8. The number of rotatable bonds is 2. The largest absolute Gasteiger partial charge is 0.454 e. The Hall–Kier alpha value is -3.46. The molecule has 0 atom stereocenters. The van der Waals surface area contributed by atoms with E-state index in [-0.39, 0.29) is 11.2 Å². The van der Waals surface area contributed by atoms with Gasteiger partial charge in [-0.1, -0.05) is 45.0 Å². The normalized spacial score (nSPS) is 13.9. The van der Waals surface area contributed by atoms with Crippen LogP contribution in [0.1, 0.15) is 55.9 Å². The van der Waals surface area contributed by atoms with E-state index in [2.05, 4.69) is 62.6 Å². The van der Waals surface area contributed by atoms with Gasteiger partial charge in [0.2, 0.25) is 5.69 Å². The molecule has 0 bridgehead atoms. The third kappa shape index (κ3) is 3.48. The molecule has 0 fully saturated rings.